The lowest BCUT2D eigenvalue weighted by Crippen LogP contribution is -2.43. The Hall–Kier alpha value is -2.36. The summed E-state index contributed by atoms with van der Waals surface area (Å²) >= 11 is 0. The normalized spacial score (nSPS) is 19.9. The average Bonchev–Trinajstić information content (AvgIpc) is 3.28. The molecule has 1 amide bonds. The van der Waals surface area contributed by atoms with Gasteiger partial charge in [0, 0.05) is 12.7 Å². The number of nitrogens with one attached hydrogen (secondary N) is 3. The Balaban J connectivity index is 1.49. The van der Waals surface area contributed by atoms with E-state index in [1.807, 2.05) is 0 Å². The molecule has 3 N–H and O–H groups in total. The Morgan fingerprint density at radius 2 is 2.28 bits per heavy atom. The summed E-state index contributed by atoms with van der Waals surface area (Å²) < 4.78 is 23.8. The third-order valence-corrected chi connectivity index (χ3v) is 3.95. The molecule has 1 fully saturated rings. The van der Waals surface area contributed by atoms with E-state index in [1.54, 1.807) is 25.3 Å². The molecule has 8 nitrogen and oxygen atoms in total. The topological polar surface area (TPSA) is 101 Å². The number of methoxy groups -OCH3 is 1. The molecule has 0 bridgehead atoms. The van der Waals surface area contributed by atoms with Crippen LogP contribution in [0.25, 0.3) is 0 Å². The zero-order valence-electron chi connectivity index (χ0n) is 13.8. The number of hydrazine groups is 1. The molecular weight excluding hydrogens is 329 g/mol. The molecule has 1 aliphatic rings. The van der Waals surface area contributed by atoms with Crippen LogP contribution in [0.1, 0.15) is 29.7 Å². The van der Waals surface area contributed by atoms with Crippen molar-refractivity contribution in [1.82, 2.24) is 26.3 Å². The summed E-state index contributed by atoms with van der Waals surface area (Å²) in [7, 11) is 1.59. The summed E-state index contributed by atoms with van der Waals surface area (Å²) in [5.41, 5.74) is 6.38. The van der Waals surface area contributed by atoms with Gasteiger partial charge < -0.3 is 14.6 Å². The molecule has 1 saturated heterocycles. The first-order valence-electron chi connectivity index (χ1n) is 8.01. The quantitative estimate of drug-likeness (QED) is 0.674. The zero-order chi connectivity index (χ0) is 17.6. The summed E-state index contributed by atoms with van der Waals surface area (Å²) in [5, 5.41) is 6.55. The molecule has 1 aromatic carbocycles. The molecule has 1 aromatic heterocycles. The Morgan fingerprint density at radius 1 is 1.44 bits per heavy atom. The SMILES string of the molecule is COCCc1nc(CNC(=O)C2CC(c3ccccc3F)NN2)no1. The summed E-state index contributed by atoms with van der Waals surface area (Å²) in [5.74, 6) is 0.357. The van der Waals surface area contributed by atoms with Gasteiger partial charge in [0.1, 0.15) is 11.9 Å². The average molecular weight is 349 g/mol. The molecule has 0 spiro atoms. The van der Waals surface area contributed by atoms with Gasteiger partial charge in [0.05, 0.1) is 25.6 Å². The first kappa shape index (κ1) is 17.5. The third kappa shape index (κ3) is 4.38. The fourth-order valence-corrected chi connectivity index (χ4v) is 2.63. The van der Waals surface area contributed by atoms with Gasteiger partial charge in [0.15, 0.2) is 5.82 Å². The van der Waals surface area contributed by atoms with Crippen molar-refractivity contribution in [3.05, 3.63) is 47.4 Å². The largest absolute Gasteiger partial charge is 0.384 e. The minimum atomic E-state index is -0.468. The van der Waals surface area contributed by atoms with Crippen LogP contribution in [0.15, 0.2) is 28.8 Å². The van der Waals surface area contributed by atoms with Crippen molar-refractivity contribution >= 4 is 5.91 Å². The number of amides is 1. The van der Waals surface area contributed by atoms with Crippen LogP contribution in [0.3, 0.4) is 0 Å². The van der Waals surface area contributed by atoms with Crippen LogP contribution in [0.5, 0.6) is 0 Å². The van der Waals surface area contributed by atoms with E-state index >= 15 is 0 Å². The van der Waals surface area contributed by atoms with Crippen molar-refractivity contribution in [3.8, 4) is 0 Å². The Labute approximate surface area is 144 Å². The van der Waals surface area contributed by atoms with Crippen molar-refractivity contribution in [2.45, 2.75) is 31.5 Å². The number of ether oxygens (including phenoxy) is 1. The smallest absolute Gasteiger partial charge is 0.238 e. The second-order valence-electron chi connectivity index (χ2n) is 5.72. The molecule has 9 heteroatoms. The summed E-state index contributed by atoms with van der Waals surface area (Å²) in [6, 6.07) is 5.78. The molecule has 2 aromatic rings. The number of benzene rings is 1. The molecule has 2 heterocycles. The summed E-state index contributed by atoms with van der Waals surface area (Å²) in [6.07, 6.45) is 0.966. The standard InChI is InChI=1S/C16H20FN5O3/c1-24-7-6-15-19-14(22-25-15)9-18-16(23)13-8-12(20-21-13)10-4-2-3-5-11(10)17/h2-5,12-13,20-21H,6-9H2,1H3,(H,18,23). The van der Waals surface area contributed by atoms with Crippen molar-refractivity contribution in [2.24, 2.45) is 0 Å². The molecule has 1 aliphatic heterocycles. The lowest BCUT2D eigenvalue weighted by molar-refractivity contribution is -0.123. The minimum Gasteiger partial charge on any atom is -0.384 e. The van der Waals surface area contributed by atoms with E-state index in [2.05, 4.69) is 26.3 Å². The number of aromatic nitrogens is 2. The van der Waals surface area contributed by atoms with Gasteiger partial charge >= 0.3 is 0 Å². The van der Waals surface area contributed by atoms with E-state index in [9.17, 15) is 9.18 Å². The number of rotatable bonds is 7. The van der Waals surface area contributed by atoms with Gasteiger partial charge in [-0.05, 0) is 12.5 Å². The second kappa shape index (κ2) is 8.15. The van der Waals surface area contributed by atoms with Crippen molar-refractivity contribution in [1.29, 1.82) is 0 Å². The van der Waals surface area contributed by atoms with Crippen LogP contribution in [0, 0.1) is 5.82 Å². The summed E-state index contributed by atoms with van der Waals surface area (Å²) in [6.45, 7) is 0.654. The van der Waals surface area contributed by atoms with E-state index in [4.69, 9.17) is 9.26 Å². The van der Waals surface area contributed by atoms with E-state index in [-0.39, 0.29) is 24.3 Å². The lowest BCUT2D eigenvalue weighted by Gasteiger charge is -2.10. The maximum Gasteiger partial charge on any atom is 0.238 e. The van der Waals surface area contributed by atoms with Crippen molar-refractivity contribution < 1.29 is 18.4 Å². The van der Waals surface area contributed by atoms with E-state index < -0.39 is 6.04 Å². The van der Waals surface area contributed by atoms with Crippen LogP contribution in [-0.2, 0) is 22.5 Å². The maximum absolute atomic E-state index is 13.8. The Kier molecular flexibility index (Phi) is 5.69. The van der Waals surface area contributed by atoms with Gasteiger partial charge in [-0.25, -0.2) is 15.2 Å². The Morgan fingerprint density at radius 3 is 3.08 bits per heavy atom. The van der Waals surface area contributed by atoms with Crippen LogP contribution >= 0.6 is 0 Å². The van der Waals surface area contributed by atoms with Gasteiger partial charge in [-0.3, -0.25) is 4.79 Å². The molecule has 0 saturated carbocycles. The molecule has 0 aliphatic carbocycles. The highest BCUT2D eigenvalue weighted by atomic mass is 19.1. The molecule has 134 valence electrons. The fourth-order valence-electron chi connectivity index (χ4n) is 2.63. The third-order valence-electron chi connectivity index (χ3n) is 3.95. The van der Waals surface area contributed by atoms with Gasteiger partial charge in [-0.15, -0.1) is 0 Å². The predicted octanol–water partition coefficient (Wildman–Crippen LogP) is 0.622. The molecular formula is C16H20FN5O3. The number of hydrogen-bond donors (Lipinski definition) is 3. The van der Waals surface area contributed by atoms with Gasteiger partial charge in [0.2, 0.25) is 11.8 Å². The molecule has 2 atom stereocenters. The molecule has 25 heavy (non-hydrogen) atoms. The first-order chi connectivity index (χ1) is 12.2. The number of halogens is 1. The maximum atomic E-state index is 13.8. The van der Waals surface area contributed by atoms with E-state index in [1.165, 1.54) is 6.07 Å². The van der Waals surface area contributed by atoms with Gasteiger partial charge in [-0.2, -0.15) is 4.98 Å². The summed E-state index contributed by atoms with van der Waals surface area (Å²) in [4.78, 5) is 16.4. The zero-order valence-corrected chi connectivity index (χ0v) is 13.8. The second-order valence-corrected chi connectivity index (χ2v) is 5.72. The van der Waals surface area contributed by atoms with Crippen LogP contribution in [0.2, 0.25) is 0 Å². The van der Waals surface area contributed by atoms with Crippen LogP contribution in [-0.4, -0.2) is 35.8 Å². The number of nitrogens with zero attached hydrogens (tertiary/aromatic N) is 2. The van der Waals surface area contributed by atoms with Crippen molar-refractivity contribution in [2.75, 3.05) is 13.7 Å². The molecule has 3 rings (SSSR count). The van der Waals surface area contributed by atoms with E-state index in [0.29, 0.717) is 36.7 Å². The Bertz CT molecular complexity index is 723. The highest BCUT2D eigenvalue weighted by Gasteiger charge is 2.31. The predicted molar refractivity (Wildman–Crippen MR) is 85.5 cm³/mol. The van der Waals surface area contributed by atoms with Crippen molar-refractivity contribution in [3.63, 3.8) is 0 Å². The fraction of sp³-hybridized carbons (Fsp3) is 0.438. The van der Waals surface area contributed by atoms with Gasteiger partial charge in [-0.1, -0.05) is 23.4 Å². The number of hydrogen-bond acceptors (Lipinski definition) is 7. The van der Waals surface area contributed by atoms with Crippen LogP contribution in [0.4, 0.5) is 4.39 Å². The minimum absolute atomic E-state index is 0.165. The van der Waals surface area contributed by atoms with E-state index in [0.717, 1.165) is 0 Å². The lowest BCUT2D eigenvalue weighted by atomic mass is 10.0. The van der Waals surface area contributed by atoms with Crippen LogP contribution < -0.4 is 16.2 Å². The number of carbonyl (C=O) groups is 1. The molecule has 0 radical (unpaired) electrons. The first-order valence-corrected chi connectivity index (χ1v) is 8.01. The number of carbonyl (C=O) groups excluding carboxylic acids is 1. The monoisotopic (exact) mass is 349 g/mol. The molecule has 2 unspecified atom stereocenters. The van der Waals surface area contributed by atoms with Gasteiger partial charge in [0.25, 0.3) is 0 Å². The highest BCUT2D eigenvalue weighted by molar-refractivity contribution is 5.82. The highest BCUT2D eigenvalue weighted by Crippen LogP contribution is 2.24.